The van der Waals surface area contributed by atoms with Crippen LogP contribution in [0.5, 0.6) is 0 Å². The van der Waals surface area contributed by atoms with Gasteiger partial charge in [0.15, 0.2) is 0 Å². The van der Waals surface area contributed by atoms with Crippen molar-refractivity contribution in [3.8, 4) is 0 Å². The normalized spacial score (nSPS) is 13.7. The van der Waals surface area contributed by atoms with Gasteiger partial charge in [-0.2, -0.15) is 0 Å². The molecule has 0 bridgehead atoms. The maximum atomic E-state index is 10.6. The van der Waals surface area contributed by atoms with Crippen molar-refractivity contribution >= 4 is 92.8 Å². The topological polar surface area (TPSA) is 102 Å². The summed E-state index contributed by atoms with van der Waals surface area (Å²) in [6, 6.07) is 0. The first-order valence-electron chi connectivity index (χ1n) is 2.67. The van der Waals surface area contributed by atoms with Crippen molar-refractivity contribution in [2.75, 3.05) is 0 Å². The van der Waals surface area contributed by atoms with Crippen molar-refractivity contribution in [2.45, 2.75) is 0 Å². The zero-order chi connectivity index (χ0) is 13.2. The predicted octanol–water partition coefficient (Wildman–Crippen LogP) is 1.62. The van der Waals surface area contributed by atoms with Crippen molar-refractivity contribution in [3.05, 3.63) is 0 Å². The molecule has 0 saturated carbocycles. The minimum atomic E-state index is -4.17. The van der Waals surface area contributed by atoms with E-state index in [4.69, 9.17) is 32.0 Å². The lowest BCUT2D eigenvalue weighted by atomic mass is 10.7. The third-order valence-electron chi connectivity index (χ3n) is 0.581. The highest BCUT2D eigenvalue weighted by Gasteiger charge is 2.34. The van der Waals surface area contributed by atoms with Crippen LogP contribution in [0.25, 0.3) is 0 Å². The third kappa shape index (κ3) is 12.3. The molecule has 0 fully saturated rings. The van der Waals surface area contributed by atoms with E-state index in [1.54, 1.807) is 0 Å². The second-order valence-electron chi connectivity index (χ2n) is 1.76. The third-order valence-corrected chi connectivity index (χ3v) is 11.4. The van der Waals surface area contributed by atoms with Gasteiger partial charge in [0.2, 0.25) is 0 Å². The zero-order valence-corrected chi connectivity index (χ0v) is 13.8. The molecule has 16 heteroatoms. The van der Waals surface area contributed by atoms with Crippen molar-refractivity contribution in [1.29, 1.82) is 0 Å². The molecule has 0 aromatic carbocycles. The molecule has 0 heterocycles. The largest absolute Gasteiger partial charge is 0.396 e. The van der Waals surface area contributed by atoms with Crippen molar-refractivity contribution in [2.24, 2.45) is 0 Å². The van der Waals surface area contributed by atoms with Crippen molar-refractivity contribution < 1.29 is 25.3 Å². The Balaban J connectivity index is 4.93. The summed E-state index contributed by atoms with van der Waals surface area (Å²) in [5.74, 6) is 0. The zero-order valence-electron chi connectivity index (χ0n) is 6.61. The lowest BCUT2D eigenvalue weighted by Crippen LogP contribution is -2.05. The van der Waals surface area contributed by atoms with Gasteiger partial charge in [0, 0.05) is 32.0 Å². The van der Waals surface area contributed by atoms with Crippen LogP contribution >= 0.6 is 64.0 Å². The summed E-state index contributed by atoms with van der Waals surface area (Å²) >= 11 is 0. The monoisotopic (exact) mass is 404 g/mol. The fraction of sp³-hybridized carbons (Fsp3) is 0. The van der Waals surface area contributed by atoms with Gasteiger partial charge in [0.1, 0.15) is 0 Å². The van der Waals surface area contributed by atoms with Crippen LogP contribution in [-0.4, -0.2) is 29.8 Å². The minimum Gasteiger partial charge on any atom is -0.201 e. The molecular weight excluding hydrogens is 406 g/mol. The Morgan fingerprint density at radius 2 is 0.812 bits per heavy atom. The fourth-order valence-electron chi connectivity index (χ4n) is 0.330. The Hall–Kier alpha value is 1.83. The molecular formula is BCl3O6S6. The molecule has 16 heavy (non-hydrogen) atoms. The Morgan fingerprint density at radius 3 is 0.938 bits per heavy atom. The molecule has 0 aliphatic carbocycles. The molecule has 0 unspecified atom stereocenters. The second-order valence-corrected chi connectivity index (χ2v) is 18.0. The average molecular weight is 406 g/mol. The number of rotatable bonds is 6. The van der Waals surface area contributed by atoms with Crippen molar-refractivity contribution in [1.82, 2.24) is 0 Å². The van der Waals surface area contributed by atoms with Gasteiger partial charge < -0.3 is 0 Å². The van der Waals surface area contributed by atoms with E-state index < -0.39 is 28.8 Å². The smallest absolute Gasteiger partial charge is 0.201 e. The molecule has 0 N–H and O–H groups in total. The summed E-state index contributed by atoms with van der Waals surface area (Å²) in [6.45, 7) is 0. The van der Waals surface area contributed by atoms with E-state index >= 15 is 0 Å². The van der Waals surface area contributed by atoms with Crippen LogP contribution in [-0.2, 0) is 24.2 Å². The maximum Gasteiger partial charge on any atom is 0.396 e. The SMILES string of the molecule is O=S(=O)(Cl)SB(SS(=O)(=O)Cl)SS(=O)(=O)Cl. The van der Waals surface area contributed by atoms with E-state index in [0.29, 0.717) is 0 Å². The predicted molar refractivity (Wildman–Crippen MR) is 72.8 cm³/mol. The molecule has 0 aromatic heterocycles. The summed E-state index contributed by atoms with van der Waals surface area (Å²) in [7, 11) is 1.63. The lowest BCUT2D eigenvalue weighted by molar-refractivity contribution is 0.621. The molecule has 0 saturated heterocycles. The van der Waals surface area contributed by atoms with Gasteiger partial charge in [0.05, 0.1) is 0 Å². The number of hydrogen-bond acceptors (Lipinski definition) is 9. The van der Waals surface area contributed by atoms with Crippen LogP contribution in [0, 0.1) is 0 Å². The summed E-state index contributed by atoms with van der Waals surface area (Å²) in [6.07, 6.45) is 0. The molecule has 0 amide bonds. The van der Waals surface area contributed by atoms with Crippen LogP contribution in [0.15, 0.2) is 0 Å². The van der Waals surface area contributed by atoms with Gasteiger partial charge >= 0.3 is 4.55 Å². The Morgan fingerprint density at radius 1 is 0.625 bits per heavy atom. The molecule has 0 atom stereocenters. The van der Waals surface area contributed by atoms with E-state index in [-0.39, 0.29) is 31.9 Å². The van der Waals surface area contributed by atoms with Crippen LogP contribution < -0.4 is 0 Å². The summed E-state index contributed by atoms with van der Waals surface area (Å²) in [5, 5.41) is 0. The Labute approximate surface area is 117 Å². The minimum absolute atomic E-state index is 0.108. The molecule has 96 valence electrons. The summed E-state index contributed by atoms with van der Waals surface area (Å²) in [4.78, 5) is 0. The highest BCUT2D eigenvalue weighted by Crippen LogP contribution is 2.42. The number of halogens is 3. The molecule has 0 aliphatic rings. The first-order valence-corrected chi connectivity index (χ1v) is 13.8. The Kier molecular flexibility index (Phi) is 7.05. The molecule has 0 rings (SSSR count). The number of hydrogen-bond donors (Lipinski definition) is 0. The van der Waals surface area contributed by atoms with Gasteiger partial charge in [-0.1, -0.05) is 0 Å². The lowest BCUT2D eigenvalue weighted by Gasteiger charge is -2.04. The quantitative estimate of drug-likeness (QED) is 0.370. The highest BCUT2D eigenvalue weighted by molar-refractivity contribution is 9.19. The maximum absolute atomic E-state index is 10.6. The summed E-state index contributed by atoms with van der Waals surface area (Å²) < 4.78 is 62.3. The average Bonchev–Trinajstić information content (AvgIpc) is 1.70. The van der Waals surface area contributed by atoms with Gasteiger partial charge in [-0.3, -0.25) is 0 Å². The first-order chi connectivity index (χ1) is 6.79. The Bertz CT molecular complexity index is 448. The van der Waals surface area contributed by atoms with Crippen LogP contribution in [0.1, 0.15) is 0 Å². The molecule has 0 spiro atoms. The summed E-state index contributed by atoms with van der Waals surface area (Å²) in [5.41, 5.74) is 0. The van der Waals surface area contributed by atoms with Crippen LogP contribution in [0.2, 0.25) is 0 Å². The molecule has 6 nitrogen and oxygen atoms in total. The van der Waals surface area contributed by atoms with E-state index in [2.05, 4.69) is 0 Å². The van der Waals surface area contributed by atoms with E-state index in [9.17, 15) is 25.3 Å². The van der Waals surface area contributed by atoms with Gasteiger partial charge in [-0.25, -0.2) is 25.3 Å². The van der Waals surface area contributed by atoms with E-state index in [1.165, 1.54) is 0 Å². The van der Waals surface area contributed by atoms with Crippen molar-refractivity contribution in [3.63, 3.8) is 0 Å². The fourth-order valence-corrected chi connectivity index (χ4v) is 16.3. The van der Waals surface area contributed by atoms with Gasteiger partial charge in [-0.05, 0) is 31.9 Å². The highest BCUT2D eigenvalue weighted by atomic mass is 35.8. The standard InChI is InChI=1S/BCl3O6S6/c2-14(5,6)11-1(12-15(3,7)8)13-16(4,9)10. The van der Waals surface area contributed by atoms with Crippen LogP contribution in [0.3, 0.4) is 0 Å². The van der Waals surface area contributed by atoms with Gasteiger partial charge in [-0.15, -0.1) is 0 Å². The van der Waals surface area contributed by atoms with Crippen LogP contribution in [0.4, 0.5) is 0 Å². The molecule has 0 radical (unpaired) electrons. The van der Waals surface area contributed by atoms with E-state index in [0.717, 1.165) is 0 Å². The second kappa shape index (κ2) is 6.32. The van der Waals surface area contributed by atoms with Gasteiger partial charge in [0.25, 0.3) is 24.2 Å². The van der Waals surface area contributed by atoms with E-state index in [1.807, 2.05) is 0 Å². The molecule has 0 aliphatic heterocycles. The first kappa shape index (κ1) is 17.8. The molecule has 0 aromatic rings.